The van der Waals surface area contributed by atoms with Gasteiger partial charge in [-0.2, -0.15) is 0 Å². The fraction of sp³-hybridized carbons (Fsp3) is 0.455. The summed E-state index contributed by atoms with van der Waals surface area (Å²) in [6.07, 6.45) is 1.04. The highest BCUT2D eigenvalue weighted by Gasteiger charge is 2.23. The number of nitrogens with zero attached hydrogens (tertiary/aromatic N) is 3. The Labute approximate surface area is 114 Å². The second kappa shape index (κ2) is 7.36. The van der Waals surface area contributed by atoms with Crippen molar-refractivity contribution in [2.24, 2.45) is 0 Å². The van der Waals surface area contributed by atoms with Gasteiger partial charge in [0.05, 0.1) is 23.7 Å². The van der Waals surface area contributed by atoms with E-state index in [-0.39, 0.29) is 31.1 Å². The van der Waals surface area contributed by atoms with E-state index in [9.17, 15) is 14.9 Å². The third-order valence-electron chi connectivity index (χ3n) is 2.53. The highest BCUT2D eigenvalue weighted by molar-refractivity contribution is 5.88. The van der Waals surface area contributed by atoms with Gasteiger partial charge in [-0.05, 0) is 0 Å². The molecule has 0 aliphatic heterocycles. The van der Waals surface area contributed by atoms with Crippen molar-refractivity contribution < 1.29 is 24.7 Å². The van der Waals surface area contributed by atoms with Crippen LogP contribution in [0, 0.1) is 10.1 Å². The van der Waals surface area contributed by atoms with E-state index in [4.69, 9.17) is 14.9 Å². The van der Waals surface area contributed by atoms with Gasteiger partial charge in [0.2, 0.25) is 5.82 Å². The number of carboxylic acids is 1. The Hall–Kier alpha value is -2.26. The summed E-state index contributed by atoms with van der Waals surface area (Å²) in [4.78, 5) is 26.4. The van der Waals surface area contributed by atoms with Crippen molar-refractivity contribution in [3.8, 4) is 0 Å². The molecule has 0 bridgehead atoms. The van der Waals surface area contributed by atoms with Crippen LogP contribution in [0.1, 0.15) is 10.4 Å². The summed E-state index contributed by atoms with van der Waals surface area (Å²) >= 11 is 0. The van der Waals surface area contributed by atoms with Gasteiger partial charge in [-0.25, -0.2) is 9.78 Å². The summed E-state index contributed by atoms with van der Waals surface area (Å²) in [7, 11) is 1.48. The topological polar surface area (TPSA) is 126 Å². The Morgan fingerprint density at radius 3 is 2.75 bits per heavy atom. The molecule has 0 radical (unpaired) electrons. The number of aromatic carboxylic acids is 1. The fourth-order valence-corrected chi connectivity index (χ4v) is 1.59. The van der Waals surface area contributed by atoms with Gasteiger partial charge in [-0.1, -0.05) is 0 Å². The van der Waals surface area contributed by atoms with Crippen LogP contribution in [0.25, 0.3) is 0 Å². The van der Waals surface area contributed by atoms with Gasteiger partial charge in [0.15, 0.2) is 0 Å². The summed E-state index contributed by atoms with van der Waals surface area (Å²) in [6.45, 7) is 0.490. The van der Waals surface area contributed by atoms with Crippen molar-refractivity contribution in [2.75, 3.05) is 38.3 Å². The van der Waals surface area contributed by atoms with Gasteiger partial charge >= 0.3 is 11.7 Å². The van der Waals surface area contributed by atoms with E-state index in [1.54, 1.807) is 0 Å². The number of aromatic nitrogens is 1. The molecule has 1 aromatic rings. The maximum Gasteiger partial charge on any atom is 0.337 e. The molecule has 1 aromatic heterocycles. The van der Waals surface area contributed by atoms with Crippen LogP contribution in [0.15, 0.2) is 12.3 Å². The fourth-order valence-electron chi connectivity index (χ4n) is 1.59. The first-order chi connectivity index (χ1) is 9.51. The Kier molecular flexibility index (Phi) is 5.81. The molecular weight excluding hydrogens is 270 g/mol. The van der Waals surface area contributed by atoms with Crippen LogP contribution >= 0.6 is 0 Å². The quantitative estimate of drug-likeness (QED) is 0.510. The molecule has 0 unspecified atom stereocenters. The van der Waals surface area contributed by atoms with E-state index in [2.05, 4.69) is 4.98 Å². The number of rotatable bonds is 8. The summed E-state index contributed by atoms with van der Waals surface area (Å²) in [5.74, 6) is -1.29. The highest BCUT2D eigenvalue weighted by Crippen LogP contribution is 2.26. The van der Waals surface area contributed by atoms with Gasteiger partial charge in [0.1, 0.15) is 0 Å². The molecule has 0 aliphatic carbocycles. The van der Waals surface area contributed by atoms with Crippen LogP contribution in [0.3, 0.4) is 0 Å². The minimum absolute atomic E-state index is 0.00565. The molecule has 110 valence electrons. The Morgan fingerprint density at radius 1 is 1.55 bits per heavy atom. The molecule has 9 heteroatoms. The Morgan fingerprint density at radius 2 is 2.25 bits per heavy atom. The van der Waals surface area contributed by atoms with Gasteiger partial charge in [0.25, 0.3) is 0 Å². The molecule has 1 heterocycles. The summed E-state index contributed by atoms with van der Waals surface area (Å²) in [5, 5.41) is 28.9. The lowest BCUT2D eigenvalue weighted by Gasteiger charge is -2.22. The van der Waals surface area contributed by atoms with E-state index < -0.39 is 16.6 Å². The minimum atomic E-state index is -1.29. The van der Waals surface area contributed by atoms with Gasteiger partial charge in [-0.15, -0.1) is 0 Å². The first-order valence-electron chi connectivity index (χ1n) is 5.73. The molecule has 2 N–H and O–H groups in total. The van der Waals surface area contributed by atoms with E-state index in [0.717, 1.165) is 12.3 Å². The lowest BCUT2D eigenvalue weighted by Crippen LogP contribution is -2.31. The number of nitro groups is 1. The largest absolute Gasteiger partial charge is 0.478 e. The molecule has 9 nitrogen and oxygen atoms in total. The zero-order valence-electron chi connectivity index (χ0n) is 10.9. The van der Waals surface area contributed by atoms with Crippen molar-refractivity contribution >= 4 is 17.5 Å². The second-order valence-corrected chi connectivity index (χ2v) is 3.83. The molecule has 0 atom stereocenters. The lowest BCUT2D eigenvalue weighted by atomic mass is 10.2. The maximum absolute atomic E-state index is 11.0. The first kappa shape index (κ1) is 15.8. The number of aliphatic hydroxyl groups excluding tert-OH is 1. The second-order valence-electron chi connectivity index (χ2n) is 3.83. The smallest absolute Gasteiger partial charge is 0.337 e. The normalized spacial score (nSPS) is 10.3. The molecule has 1 rings (SSSR count). The third-order valence-corrected chi connectivity index (χ3v) is 2.53. The lowest BCUT2D eigenvalue weighted by molar-refractivity contribution is -0.384. The van der Waals surface area contributed by atoms with Crippen LogP contribution in [0.2, 0.25) is 0 Å². The minimum Gasteiger partial charge on any atom is -0.478 e. The summed E-state index contributed by atoms with van der Waals surface area (Å²) < 4.78 is 4.89. The van der Waals surface area contributed by atoms with Crippen molar-refractivity contribution in [3.05, 3.63) is 27.9 Å². The van der Waals surface area contributed by atoms with Crippen LogP contribution in [-0.2, 0) is 4.74 Å². The monoisotopic (exact) mass is 285 g/mol. The third kappa shape index (κ3) is 3.87. The molecular formula is C11H15N3O6. The standard InChI is InChI=1S/C11H15N3O6/c1-20-5-3-13(2-4-15)10-9(14(18)19)6-8(7-12-10)11(16)17/h6-7,15H,2-5H2,1H3,(H,16,17). The number of anilines is 1. The molecule has 0 amide bonds. The number of carbonyl (C=O) groups is 1. The predicted molar refractivity (Wildman–Crippen MR) is 69.0 cm³/mol. The van der Waals surface area contributed by atoms with E-state index in [1.807, 2.05) is 0 Å². The Balaban J connectivity index is 3.18. The van der Waals surface area contributed by atoms with E-state index in [0.29, 0.717) is 6.61 Å². The first-order valence-corrected chi connectivity index (χ1v) is 5.73. The van der Waals surface area contributed by atoms with E-state index in [1.165, 1.54) is 12.0 Å². The predicted octanol–water partition coefficient (Wildman–Crippen LogP) is 0.133. The highest BCUT2D eigenvalue weighted by atomic mass is 16.6. The van der Waals surface area contributed by atoms with Crippen LogP contribution in [0.5, 0.6) is 0 Å². The molecule has 0 fully saturated rings. The molecule has 0 spiro atoms. The number of hydrogen-bond donors (Lipinski definition) is 2. The Bertz CT molecular complexity index is 493. The number of carboxylic acid groups (broad SMARTS) is 1. The number of ether oxygens (including phenoxy) is 1. The number of methoxy groups -OCH3 is 1. The molecule has 20 heavy (non-hydrogen) atoms. The van der Waals surface area contributed by atoms with Crippen LogP contribution in [0.4, 0.5) is 11.5 Å². The SMILES string of the molecule is COCCN(CCO)c1ncc(C(=O)O)cc1[N+](=O)[O-]. The van der Waals surface area contributed by atoms with Crippen molar-refractivity contribution in [1.29, 1.82) is 0 Å². The number of hydrogen-bond acceptors (Lipinski definition) is 7. The molecule has 0 aliphatic rings. The van der Waals surface area contributed by atoms with Crippen molar-refractivity contribution in [1.82, 2.24) is 4.98 Å². The average molecular weight is 285 g/mol. The van der Waals surface area contributed by atoms with Crippen molar-refractivity contribution in [3.63, 3.8) is 0 Å². The van der Waals surface area contributed by atoms with Crippen LogP contribution < -0.4 is 4.90 Å². The van der Waals surface area contributed by atoms with Gasteiger partial charge in [-0.3, -0.25) is 10.1 Å². The van der Waals surface area contributed by atoms with Gasteiger partial charge < -0.3 is 19.8 Å². The molecule has 0 aromatic carbocycles. The summed E-state index contributed by atoms with van der Waals surface area (Å²) in [6, 6.07) is 0.946. The number of aliphatic hydroxyl groups is 1. The number of pyridine rings is 1. The molecule has 0 saturated carbocycles. The van der Waals surface area contributed by atoms with Crippen molar-refractivity contribution in [2.45, 2.75) is 0 Å². The van der Waals surface area contributed by atoms with E-state index >= 15 is 0 Å². The maximum atomic E-state index is 11.0. The average Bonchev–Trinajstić information content (AvgIpc) is 2.42. The zero-order chi connectivity index (χ0) is 15.1. The van der Waals surface area contributed by atoms with Gasteiger partial charge in [0, 0.05) is 32.5 Å². The molecule has 0 saturated heterocycles. The summed E-state index contributed by atoms with van der Waals surface area (Å²) in [5.41, 5.74) is -0.689. The van der Waals surface area contributed by atoms with Crippen LogP contribution in [-0.4, -0.2) is 59.5 Å². The zero-order valence-corrected chi connectivity index (χ0v) is 10.9.